The Balaban J connectivity index is 1.94. The van der Waals surface area contributed by atoms with Crippen LogP contribution >= 0.6 is 0 Å². The Morgan fingerprint density at radius 1 is 1.05 bits per heavy atom. The summed E-state index contributed by atoms with van der Waals surface area (Å²) in [6.45, 7) is 0. The van der Waals surface area contributed by atoms with Crippen molar-refractivity contribution in [3.05, 3.63) is 53.2 Å². The van der Waals surface area contributed by atoms with Crippen molar-refractivity contribution < 1.29 is 4.79 Å². The Labute approximate surface area is 133 Å². The Morgan fingerprint density at radius 3 is 2.50 bits per heavy atom. The van der Waals surface area contributed by atoms with Gasteiger partial charge in [0.15, 0.2) is 11.5 Å². The number of rotatable bonds is 3. The van der Waals surface area contributed by atoms with Crippen molar-refractivity contribution >= 4 is 44.3 Å². The summed E-state index contributed by atoms with van der Waals surface area (Å²) in [4.78, 5) is 12.5. The lowest BCUT2D eigenvalue weighted by Gasteiger charge is -2.20. The van der Waals surface area contributed by atoms with Crippen molar-refractivity contribution in [3.63, 3.8) is 0 Å². The third-order valence-electron chi connectivity index (χ3n) is 4.56. The van der Waals surface area contributed by atoms with Gasteiger partial charge in [0, 0.05) is 5.92 Å². The van der Waals surface area contributed by atoms with Crippen LogP contribution in [0.5, 0.6) is 0 Å². The molecule has 0 heterocycles. The molecule has 3 aromatic carbocycles. The molecular formula is C20H19OS+. The highest BCUT2D eigenvalue weighted by Gasteiger charge is 2.25. The highest BCUT2D eigenvalue weighted by molar-refractivity contribution is 7.96. The van der Waals surface area contributed by atoms with Gasteiger partial charge in [-0.25, -0.2) is 0 Å². The summed E-state index contributed by atoms with van der Waals surface area (Å²) >= 11 is 0. The molecule has 22 heavy (non-hydrogen) atoms. The lowest BCUT2D eigenvalue weighted by atomic mass is 9.84. The minimum absolute atomic E-state index is 0.0461. The molecule has 1 atom stereocenters. The van der Waals surface area contributed by atoms with Gasteiger partial charge < -0.3 is 0 Å². The first kappa shape index (κ1) is 13.8. The maximum atomic E-state index is 12.5. The average molecular weight is 307 g/mol. The van der Waals surface area contributed by atoms with Gasteiger partial charge in [0.25, 0.3) is 0 Å². The molecule has 1 aliphatic rings. The quantitative estimate of drug-likeness (QED) is 0.680. The predicted molar refractivity (Wildman–Crippen MR) is 97.4 cm³/mol. The van der Waals surface area contributed by atoms with Gasteiger partial charge in [-0.2, -0.15) is 0 Å². The van der Waals surface area contributed by atoms with E-state index >= 15 is 0 Å². The van der Waals surface area contributed by atoms with E-state index in [4.69, 9.17) is 0 Å². The second-order valence-electron chi connectivity index (χ2n) is 6.41. The fourth-order valence-corrected chi connectivity index (χ4v) is 4.39. The van der Waals surface area contributed by atoms with Crippen LogP contribution in [0.25, 0.3) is 27.6 Å². The molecule has 0 aliphatic heterocycles. The molecular weight excluding hydrogens is 288 g/mol. The van der Waals surface area contributed by atoms with Crippen LogP contribution in [0.2, 0.25) is 0 Å². The van der Waals surface area contributed by atoms with Gasteiger partial charge in [-0.1, -0.05) is 48.5 Å². The minimum atomic E-state index is 0.0461. The SMILES string of the molecule is C[S+](C)CC(=O)C1C=c2ccc3cccc4ccc(c2c43)C1. The lowest BCUT2D eigenvalue weighted by molar-refractivity contribution is -0.118. The van der Waals surface area contributed by atoms with Crippen LogP contribution in [0.1, 0.15) is 5.56 Å². The van der Waals surface area contributed by atoms with E-state index in [-0.39, 0.29) is 16.8 Å². The molecule has 1 unspecified atom stereocenters. The molecule has 110 valence electrons. The lowest BCUT2D eigenvalue weighted by Crippen LogP contribution is -2.27. The molecule has 0 aromatic heterocycles. The Hall–Kier alpha value is -1.80. The van der Waals surface area contributed by atoms with Gasteiger partial charge in [-0.3, -0.25) is 4.79 Å². The van der Waals surface area contributed by atoms with Gasteiger partial charge in [0.05, 0.1) is 12.5 Å². The number of hydrogen-bond acceptors (Lipinski definition) is 1. The standard InChI is InChI=1S/C20H19OS/c1-22(2)12-18(21)17-10-15-8-6-13-4-3-5-14-7-9-16(11-17)20(15)19(13)14/h3-10,17H,11-12H2,1-2H3/q+1. The van der Waals surface area contributed by atoms with E-state index in [1.165, 1.54) is 32.3 Å². The van der Waals surface area contributed by atoms with E-state index in [9.17, 15) is 4.79 Å². The second-order valence-corrected chi connectivity index (χ2v) is 8.67. The van der Waals surface area contributed by atoms with E-state index in [1.807, 2.05) is 0 Å². The summed E-state index contributed by atoms with van der Waals surface area (Å²) in [6.07, 6.45) is 7.33. The predicted octanol–water partition coefficient (Wildman–Crippen LogP) is 3.11. The summed E-state index contributed by atoms with van der Waals surface area (Å²) in [5.74, 6) is 1.13. The molecule has 3 aromatic rings. The second kappa shape index (κ2) is 5.13. The van der Waals surface area contributed by atoms with E-state index in [1.54, 1.807) is 0 Å². The van der Waals surface area contributed by atoms with Crippen LogP contribution in [0, 0.1) is 5.92 Å². The number of hydrogen-bond donors (Lipinski definition) is 0. The van der Waals surface area contributed by atoms with Crippen LogP contribution in [0.3, 0.4) is 0 Å². The Bertz CT molecular complexity index is 923. The van der Waals surface area contributed by atoms with E-state index in [0.717, 1.165) is 6.42 Å². The zero-order valence-corrected chi connectivity index (χ0v) is 13.7. The molecule has 0 amide bonds. The average Bonchev–Trinajstić information content (AvgIpc) is 2.51. The number of ketones is 1. The number of Topliss-reactive ketones (excluding diaryl/α,β-unsaturated/α-hetero) is 1. The van der Waals surface area contributed by atoms with Gasteiger partial charge >= 0.3 is 0 Å². The molecule has 0 radical (unpaired) electrons. The van der Waals surface area contributed by atoms with Gasteiger partial charge in [-0.05, 0) is 49.6 Å². The monoisotopic (exact) mass is 307 g/mol. The van der Waals surface area contributed by atoms with Gasteiger partial charge in [0.2, 0.25) is 0 Å². The third-order valence-corrected chi connectivity index (χ3v) is 5.42. The topological polar surface area (TPSA) is 17.1 Å². The zero-order chi connectivity index (χ0) is 15.3. The normalized spacial score (nSPS) is 17.1. The highest BCUT2D eigenvalue weighted by Crippen LogP contribution is 2.30. The molecule has 4 rings (SSSR count). The minimum Gasteiger partial charge on any atom is -0.294 e. The summed E-state index contributed by atoms with van der Waals surface area (Å²) in [5.41, 5.74) is 1.33. The highest BCUT2D eigenvalue weighted by atomic mass is 32.2. The molecule has 0 spiro atoms. The smallest absolute Gasteiger partial charge is 0.188 e. The van der Waals surface area contributed by atoms with Crippen LogP contribution in [0.15, 0.2) is 42.5 Å². The maximum Gasteiger partial charge on any atom is 0.188 e. The van der Waals surface area contributed by atoms with Crippen molar-refractivity contribution in [2.75, 3.05) is 18.3 Å². The first-order valence-corrected chi connectivity index (χ1v) is 9.86. The number of carbonyl (C=O) groups is 1. The largest absolute Gasteiger partial charge is 0.294 e. The molecule has 0 saturated carbocycles. The summed E-state index contributed by atoms with van der Waals surface area (Å²) in [7, 11) is 0.175. The molecule has 0 fully saturated rings. The van der Waals surface area contributed by atoms with Gasteiger partial charge in [-0.15, -0.1) is 0 Å². The molecule has 1 aliphatic carbocycles. The molecule has 0 bridgehead atoms. The van der Waals surface area contributed by atoms with Crippen molar-refractivity contribution in [3.8, 4) is 0 Å². The Morgan fingerprint density at radius 2 is 1.77 bits per heavy atom. The van der Waals surface area contributed by atoms with Crippen LogP contribution in [-0.4, -0.2) is 24.0 Å². The van der Waals surface area contributed by atoms with Crippen LogP contribution in [-0.2, 0) is 22.1 Å². The molecule has 2 heteroatoms. The molecule has 0 saturated heterocycles. The molecule has 0 N–H and O–H groups in total. The van der Waals surface area contributed by atoms with Crippen LogP contribution in [0.4, 0.5) is 0 Å². The molecule has 1 nitrogen and oxygen atoms in total. The summed E-state index contributed by atoms with van der Waals surface area (Å²) < 4.78 is 0. The summed E-state index contributed by atoms with van der Waals surface area (Å²) in [6, 6.07) is 15.2. The van der Waals surface area contributed by atoms with Crippen molar-refractivity contribution in [1.29, 1.82) is 0 Å². The number of benzene rings is 3. The van der Waals surface area contributed by atoms with E-state index in [0.29, 0.717) is 11.5 Å². The van der Waals surface area contributed by atoms with Crippen molar-refractivity contribution in [1.82, 2.24) is 0 Å². The zero-order valence-electron chi connectivity index (χ0n) is 12.9. The fourth-order valence-electron chi connectivity index (χ4n) is 3.60. The van der Waals surface area contributed by atoms with E-state index < -0.39 is 0 Å². The number of carbonyl (C=O) groups excluding carboxylic acids is 1. The van der Waals surface area contributed by atoms with E-state index in [2.05, 4.69) is 61.1 Å². The van der Waals surface area contributed by atoms with Gasteiger partial charge in [0.1, 0.15) is 0 Å². The van der Waals surface area contributed by atoms with Crippen LogP contribution < -0.4 is 5.22 Å². The van der Waals surface area contributed by atoms with Crippen molar-refractivity contribution in [2.24, 2.45) is 5.92 Å². The Kier molecular flexibility index (Phi) is 3.23. The third kappa shape index (κ3) is 2.14. The van der Waals surface area contributed by atoms with Crippen molar-refractivity contribution in [2.45, 2.75) is 6.42 Å². The first-order valence-electron chi connectivity index (χ1n) is 7.65. The summed E-state index contributed by atoms with van der Waals surface area (Å²) in [5, 5.41) is 6.52. The fraction of sp³-hybridized carbons (Fsp3) is 0.250. The first-order chi connectivity index (χ1) is 10.6. The maximum absolute atomic E-state index is 12.5.